The van der Waals surface area contributed by atoms with Crippen molar-refractivity contribution < 1.29 is 9.90 Å². The fourth-order valence-corrected chi connectivity index (χ4v) is 3.20. The third kappa shape index (κ3) is 3.31. The third-order valence-electron chi connectivity index (χ3n) is 4.76. The van der Waals surface area contributed by atoms with Crippen molar-refractivity contribution in [3.8, 4) is 6.07 Å². The van der Waals surface area contributed by atoms with Gasteiger partial charge in [-0.05, 0) is 45.4 Å². The highest BCUT2D eigenvalue weighted by atomic mass is 16.3. The number of nitrogens with zero attached hydrogens (tertiary/aromatic N) is 2. The van der Waals surface area contributed by atoms with E-state index >= 15 is 0 Å². The average Bonchev–Trinajstić information content (AvgIpc) is 3.25. The van der Waals surface area contributed by atoms with Crippen LogP contribution in [0, 0.1) is 17.2 Å². The lowest BCUT2D eigenvalue weighted by molar-refractivity contribution is -0.125. The van der Waals surface area contributed by atoms with Gasteiger partial charge >= 0.3 is 0 Å². The minimum atomic E-state index is -0.731. The Kier molecular flexibility index (Phi) is 4.66. The molecule has 2 fully saturated rings. The Morgan fingerprint density at radius 3 is 2.70 bits per heavy atom. The van der Waals surface area contributed by atoms with E-state index in [9.17, 15) is 15.2 Å². The lowest BCUT2D eigenvalue weighted by atomic mass is 9.96. The molecular weight excluding hydrogens is 254 g/mol. The van der Waals surface area contributed by atoms with Gasteiger partial charge in [-0.3, -0.25) is 9.69 Å². The van der Waals surface area contributed by atoms with E-state index in [1.165, 1.54) is 0 Å². The molecule has 0 aromatic heterocycles. The number of aliphatic hydroxyl groups is 1. The van der Waals surface area contributed by atoms with Gasteiger partial charge in [0.2, 0.25) is 5.91 Å². The van der Waals surface area contributed by atoms with Crippen LogP contribution in [0.4, 0.5) is 0 Å². The van der Waals surface area contributed by atoms with Crippen LogP contribution in [-0.2, 0) is 4.79 Å². The Morgan fingerprint density at radius 1 is 1.45 bits per heavy atom. The number of rotatable bonds is 5. The Morgan fingerprint density at radius 2 is 2.15 bits per heavy atom. The normalized spacial score (nSPS) is 30.3. The van der Waals surface area contributed by atoms with Gasteiger partial charge in [0, 0.05) is 12.1 Å². The number of nitriles is 1. The largest absolute Gasteiger partial charge is 0.395 e. The van der Waals surface area contributed by atoms with Crippen LogP contribution in [0.5, 0.6) is 0 Å². The maximum Gasteiger partial charge on any atom is 0.235 e. The number of nitrogens with one attached hydrogen (secondary N) is 1. The van der Waals surface area contributed by atoms with E-state index in [1.807, 2.05) is 6.92 Å². The summed E-state index contributed by atoms with van der Waals surface area (Å²) in [6.45, 7) is 4.28. The highest BCUT2D eigenvalue weighted by Crippen LogP contribution is 2.39. The zero-order valence-electron chi connectivity index (χ0n) is 12.4. The molecule has 1 saturated carbocycles. The fourth-order valence-electron chi connectivity index (χ4n) is 3.20. The lowest BCUT2D eigenvalue weighted by Gasteiger charge is -2.39. The smallest absolute Gasteiger partial charge is 0.235 e. The zero-order chi connectivity index (χ0) is 14.8. The summed E-state index contributed by atoms with van der Waals surface area (Å²) in [7, 11) is 0. The van der Waals surface area contributed by atoms with Crippen LogP contribution in [0.1, 0.15) is 46.0 Å². The van der Waals surface area contributed by atoms with Crippen molar-refractivity contribution >= 4 is 5.91 Å². The molecule has 112 valence electrons. The molecule has 0 aromatic carbocycles. The monoisotopic (exact) mass is 279 g/mol. The Balaban J connectivity index is 1.94. The topological polar surface area (TPSA) is 76.4 Å². The van der Waals surface area contributed by atoms with Crippen molar-refractivity contribution in [3.63, 3.8) is 0 Å². The third-order valence-corrected chi connectivity index (χ3v) is 4.76. The van der Waals surface area contributed by atoms with Crippen LogP contribution in [0.3, 0.4) is 0 Å². The lowest BCUT2D eigenvalue weighted by Crippen LogP contribution is -2.55. The summed E-state index contributed by atoms with van der Waals surface area (Å²) in [5.74, 6) is 0.192. The molecule has 5 nitrogen and oxygen atoms in total. The molecule has 1 aliphatic carbocycles. The number of hydrogen-bond donors (Lipinski definition) is 2. The first-order valence-electron chi connectivity index (χ1n) is 7.59. The highest BCUT2D eigenvalue weighted by Gasteiger charge is 2.43. The van der Waals surface area contributed by atoms with Crippen LogP contribution in [0.15, 0.2) is 0 Å². The second-order valence-electron chi connectivity index (χ2n) is 6.43. The van der Waals surface area contributed by atoms with Crippen LogP contribution in [-0.4, -0.2) is 46.7 Å². The molecule has 3 atom stereocenters. The SMILES string of the molecule is CC1CCCC(CO)N1CC(=O)NC(C)(C#N)C1CC1. The molecule has 3 unspecified atom stereocenters. The van der Waals surface area contributed by atoms with Gasteiger partial charge in [0.1, 0.15) is 5.54 Å². The molecule has 0 radical (unpaired) electrons. The second-order valence-corrected chi connectivity index (χ2v) is 6.43. The molecule has 20 heavy (non-hydrogen) atoms. The number of carbonyl (C=O) groups is 1. The second kappa shape index (κ2) is 6.11. The van der Waals surface area contributed by atoms with Gasteiger partial charge in [0.05, 0.1) is 19.2 Å². The van der Waals surface area contributed by atoms with Crippen molar-refractivity contribution in [3.05, 3.63) is 0 Å². The van der Waals surface area contributed by atoms with E-state index in [1.54, 1.807) is 0 Å². The predicted molar refractivity (Wildman–Crippen MR) is 75.8 cm³/mol. The van der Waals surface area contributed by atoms with Crippen LogP contribution in [0.25, 0.3) is 0 Å². The molecule has 2 N–H and O–H groups in total. The summed E-state index contributed by atoms with van der Waals surface area (Å²) in [5, 5.41) is 21.6. The first-order chi connectivity index (χ1) is 9.50. The van der Waals surface area contributed by atoms with Crippen LogP contribution < -0.4 is 5.32 Å². The predicted octanol–water partition coefficient (Wildman–Crippen LogP) is 1.03. The molecule has 1 aliphatic heterocycles. The molecule has 2 aliphatic rings. The number of piperidine rings is 1. The molecule has 0 aromatic rings. The van der Waals surface area contributed by atoms with E-state index in [0.29, 0.717) is 12.0 Å². The number of likely N-dealkylation sites (tertiary alicyclic amines) is 1. The van der Waals surface area contributed by atoms with Crippen molar-refractivity contribution in [2.75, 3.05) is 13.2 Å². The summed E-state index contributed by atoms with van der Waals surface area (Å²) < 4.78 is 0. The Labute approximate surface area is 120 Å². The maximum absolute atomic E-state index is 12.2. The fraction of sp³-hybridized carbons (Fsp3) is 0.867. The Hall–Kier alpha value is -1.12. The minimum absolute atomic E-state index is 0.0683. The van der Waals surface area contributed by atoms with Gasteiger partial charge in [-0.25, -0.2) is 0 Å². The first-order valence-corrected chi connectivity index (χ1v) is 7.59. The first kappa shape index (κ1) is 15.3. The molecule has 1 saturated heterocycles. The van der Waals surface area contributed by atoms with Crippen LogP contribution >= 0.6 is 0 Å². The quantitative estimate of drug-likeness (QED) is 0.788. The average molecular weight is 279 g/mol. The van der Waals surface area contributed by atoms with Gasteiger partial charge < -0.3 is 10.4 Å². The van der Waals surface area contributed by atoms with E-state index in [-0.39, 0.29) is 25.1 Å². The zero-order valence-corrected chi connectivity index (χ0v) is 12.4. The number of carbonyl (C=O) groups excluding carboxylic acids is 1. The number of hydrogen-bond acceptors (Lipinski definition) is 4. The molecule has 0 bridgehead atoms. The van der Waals surface area contributed by atoms with E-state index in [0.717, 1.165) is 32.1 Å². The van der Waals surface area contributed by atoms with Crippen LogP contribution in [0.2, 0.25) is 0 Å². The van der Waals surface area contributed by atoms with Crippen molar-refractivity contribution in [1.82, 2.24) is 10.2 Å². The molecular formula is C15H25N3O2. The molecule has 5 heteroatoms. The van der Waals surface area contributed by atoms with Gasteiger partial charge in [0.15, 0.2) is 0 Å². The number of aliphatic hydroxyl groups excluding tert-OH is 1. The summed E-state index contributed by atoms with van der Waals surface area (Å²) in [6.07, 6.45) is 5.13. The summed E-state index contributed by atoms with van der Waals surface area (Å²) in [4.78, 5) is 14.3. The molecule has 2 rings (SSSR count). The molecule has 1 heterocycles. The van der Waals surface area contributed by atoms with Gasteiger partial charge in [-0.1, -0.05) is 6.42 Å². The van der Waals surface area contributed by atoms with E-state index in [4.69, 9.17) is 0 Å². The standard InChI is InChI=1S/C15H25N3O2/c1-11-4-3-5-13(9-19)18(11)8-14(20)17-15(2,10-16)12-6-7-12/h11-13,19H,3-9H2,1-2H3,(H,17,20). The van der Waals surface area contributed by atoms with Crippen molar-refractivity contribution in [2.45, 2.75) is 63.6 Å². The Bertz CT molecular complexity index is 402. The van der Waals surface area contributed by atoms with E-state index in [2.05, 4.69) is 23.2 Å². The van der Waals surface area contributed by atoms with Gasteiger partial charge in [-0.15, -0.1) is 0 Å². The number of amides is 1. The maximum atomic E-state index is 12.2. The minimum Gasteiger partial charge on any atom is -0.395 e. The summed E-state index contributed by atoms with van der Waals surface area (Å²) in [6, 6.07) is 2.62. The van der Waals surface area contributed by atoms with Crippen molar-refractivity contribution in [2.24, 2.45) is 5.92 Å². The highest BCUT2D eigenvalue weighted by molar-refractivity contribution is 5.79. The van der Waals surface area contributed by atoms with Gasteiger partial charge in [-0.2, -0.15) is 5.26 Å². The van der Waals surface area contributed by atoms with E-state index < -0.39 is 5.54 Å². The molecule has 0 spiro atoms. The van der Waals surface area contributed by atoms with Gasteiger partial charge in [0.25, 0.3) is 0 Å². The summed E-state index contributed by atoms with van der Waals surface area (Å²) in [5.41, 5.74) is -0.731. The van der Waals surface area contributed by atoms with Crippen molar-refractivity contribution in [1.29, 1.82) is 5.26 Å². The molecule has 1 amide bonds. The summed E-state index contributed by atoms with van der Waals surface area (Å²) >= 11 is 0.